The fraction of sp³-hybridized carbons (Fsp3) is 0.231. The van der Waals surface area contributed by atoms with E-state index in [-0.39, 0.29) is 5.82 Å². The van der Waals surface area contributed by atoms with E-state index in [1.807, 2.05) is 16.8 Å². The molecule has 2 aromatic rings. The third-order valence-corrected chi connectivity index (χ3v) is 3.68. The van der Waals surface area contributed by atoms with Crippen LogP contribution in [0, 0.1) is 5.82 Å². The molecular formula is C13H12FNS. The van der Waals surface area contributed by atoms with E-state index in [1.54, 1.807) is 23.5 Å². The summed E-state index contributed by atoms with van der Waals surface area (Å²) in [5.41, 5.74) is 3.14. The number of hydrogen-bond donors (Lipinski definition) is 1. The molecule has 1 saturated heterocycles. The minimum Gasteiger partial charge on any atom is -0.310 e. The Kier molecular flexibility index (Phi) is 2.50. The molecule has 1 aromatic carbocycles. The number of rotatable bonds is 2. The molecule has 1 unspecified atom stereocenters. The van der Waals surface area contributed by atoms with Gasteiger partial charge in [0, 0.05) is 6.04 Å². The molecule has 2 heterocycles. The summed E-state index contributed by atoms with van der Waals surface area (Å²) in [5.74, 6) is -0.146. The SMILES string of the molecule is Fc1cc(-c2ccsc2)cc(C2CCN2)c1. The van der Waals surface area contributed by atoms with Gasteiger partial charge in [-0.1, -0.05) is 0 Å². The summed E-state index contributed by atoms with van der Waals surface area (Å²) in [6.45, 7) is 1.04. The maximum atomic E-state index is 13.5. The first-order valence-electron chi connectivity index (χ1n) is 5.39. The van der Waals surface area contributed by atoms with Crippen molar-refractivity contribution in [3.05, 3.63) is 46.4 Å². The summed E-state index contributed by atoms with van der Waals surface area (Å²) in [4.78, 5) is 0. The monoisotopic (exact) mass is 233 g/mol. The summed E-state index contributed by atoms with van der Waals surface area (Å²) in [7, 11) is 0. The van der Waals surface area contributed by atoms with Gasteiger partial charge in [-0.25, -0.2) is 4.39 Å². The summed E-state index contributed by atoms with van der Waals surface area (Å²) < 4.78 is 13.5. The van der Waals surface area contributed by atoms with Crippen molar-refractivity contribution in [2.45, 2.75) is 12.5 Å². The zero-order valence-corrected chi connectivity index (χ0v) is 9.56. The Balaban J connectivity index is 2.02. The normalized spacial score (nSPS) is 19.4. The molecular weight excluding hydrogens is 221 g/mol. The molecule has 1 fully saturated rings. The molecule has 1 N–H and O–H groups in total. The van der Waals surface area contributed by atoms with Crippen LogP contribution in [-0.4, -0.2) is 6.54 Å². The molecule has 0 aliphatic carbocycles. The Labute approximate surface area is 97.9 Å². The molecule has 0 radical (unpaired) electrons. The van der Waals surface area contributed by atoms with Crippen molar-refractivity contribution in [3.63, 3.8) is 0 Å². The topological polar surface area (TPSA) is 12.0 Å². The maximum absolute atomic E-state index is 13.5. The highest BCUT2D eigenvalue weighted by Gasteiger charge is 2.19. The summed E-state index contributed by atoms with van der Waals surface area (Å²) in [5, 5.41) is 7.36. The van der Waals surface area contributed by atoms with Gasteiger partial charge >= 0.3 is 0 Å². The van der Waals surface area contributed by atoms with Crippen LogP contribution in [0.4, 0.5) is 4.39 Å². The van der Waals surface area contributed by atoms with Crippen LogP contribution in [-0.2, 0) is 0 Å². The van der Waals surface area contributed by atoms with Crippen LogP contribution >= 0.6 is 11.3 Å². The lowest BCUT2D eigenvalue weighted by molar-refractivity contribution is 0.382. The quantitative estimate of drug-likeness (QED) is 0.836. The number of nitrogens with one attached hydrogen (secondary N) is 1. The van der Waals surface area contributed by atoms with Crippen molar-refractivity contribution in [1.29, 1.82) is 0 Å². The van der Waals surface area contributed by atoms with Crippen LogP contribution in [0.5, 0.6) is 0 Å². The first-order chi connectivity index (χ1) is 7.83. The standard InChI is InChI=1S/C13H12FNS/c14-12-6-10(9-2-4-16-8-9)5-11(7-12)13-1-3-15-13/h2,4-8,13,15H,1,3H2. The zero-order chi connectivity index (χ0) is 11.0. The van der Waals surface area contributed by atoms with E-state index in [9.17, 15) is 4.39 Å². The lowest BCUT2D eigenvalue weighted by Crippen LogP contribution is -2.34. The molecule has 1 aromatic heterocycles. The molecule has 16 heavy (non-hydrogen) atoms. The van der Waals surface area contributed by atoms with Crippen molar-refractivity contribution in [3.8, 4) is 11.1 Å². The third kappa shape index (κ3) is 1.77. The second-order valence-corrected chi connectivity index (χ2v) is 4.86. The number of hydrogen-bond acceptors (Lipinski definition) is 2. The summed E-state index contributed by atoms with van der Waals surface area (Å²) >= 11 is 1.64. The molecule has 0 saturated carbocycles. The van der Waals surface area contributed by atoms with Crippen LogP contribution < -0.4 is 5.32 Å². The Bertz CT molecular complexity index is 489. The second kappa shape index (κ2) is 4.00. The van der Waals surface area contributed by atoms with Gasteiger partial charge in [0.15, 0.2) is 0 Å². The highest BCUT2D eigenvalue weighted by molar-refractivity contribution is 7.08. The number of thiophene rings is 1. The summed E-state index contributed by atoms with van der Waals surface area (Å²) in [6.07, 6.45) is 1.10. The molecule has 0 bridgehead atoms. The zero-order valence-electron chi connectivity index (χ0n) is 8.74. The number of halogens is 1. The predicted molar refractivity (Wildman–Crippen MR) is 65.1 cm³/mol. The molecule has 1 nitrogen and oxygen atoms in total. The number of benzene rings is 1. The van der Waals surface area contributed by atoms with E-state index in [1.165, 1.54) is 0 Å². The van der Waals surface area contributed by atoms with E-state index in [0.29, 0.717) is 6.04 Å². The fourth-order valence-electron chi connectivity index (χ4n) is 1.98. The average Bonchev–Trinajstić information content (AvgIpc) is 2.66. The van der Waals surface area contributed by atoms with Gasteiger partial charge in [0.1, 0.15) is 5.82 Å². The molecule has 0 spiro atoms. The van der Waals surface area contributed by atoms with Crippen molar-refractivity contribution < 1.29 is 4.39 Å². The van der Waals surface area contributed by atoms with Gasteiger partial charge in [-0.15, -0.1) is 0 Å². The fourth-order valence-corrected chi connectivity index (χ4v) is 2.65. The van der Waals surface area contributed by atoms with Crippen LogP contribution in [0.25, 0.3) is 11.1 Å². The van der Waals surface area contributed by atoms with E-state index >= 15 is 0 Å². The van der Waals surface area contributed by atoms with Crippen molar-refractivity contribution in [2.75, 3.05) is 6.54 Å². The Hall–Kier alpha value is -1.19. The molecule has 3 heteroatoms. The van der Waals surface area contributed by atoms with Gasteiger partial charge in [-0.2, -0.15) is 11.3 Å². The third-order valence-electron chi connectivity index (χ3n) is 3.00. The Morgan fingerprint density at radius 2 is 2.12 bits per heavy atom. The molecule has 1 aliphatic heterocycles. The predicted octanol–water partition coefficient (Wildman–Crippen LogP) is 3.59. The molecule has 0 amide bonds. The van der Waals surface area contributed by atoms with Gasteiger partial charge in [0.05, 0.1) is 0 Å². The second-order valence-electron chi connectivity index (χ2n) is 4.08. The Morgan fingerprint density at radius 3 is 2.75 bits per heavy atom. The lowest BCUT2D eigenvalue weighted by atomic mass is 9.95. The first kappa shape index (κ1) is 10.00. The van der Waals surface area contributed by atoms with Crippen molar-refractivity contribution in [2.24, 2.45) is 0 Å². The van der Waals surface area contributed by atoms with Gasteiger partial charge in [0.2, 0.25) is 0 Å². The maximum Gasteiger partial charge on any atom is 0.124 e. The van der Waals surface area contributed by atoms with Crippen molar-refractivity contribution in [1.82, 2.24) is 5.32 Å². The largest absolute Gasteiger partial charge is 0.310 e. The van der Waals surface area contributed by atoms with E-state index in [0.717, 1.165) is 29.7 Å². The first-order valence-corrected chi connectivity index (χ1v) is 6.34. The highest BCUT2D eigenvalue weighted by Crippen LogP contribution is 2.29. The van der Waals surface area contributed by atoms with Gasteiger partial charge in [0.25, 0.3) is 0 Å². The van der Waals surface area contributed by atoms with Crippen LogP contribution in [0.2, 0.25) is 0 Å². The minimum absolute atomic E-state index is 0.146. The van der Waals surface area contributed by atoms with Crippen LogP contribution in [0.15, 0.2) is 35.0 Å². The highest BCUT2D eigenvalue weighted by atomic mass is 32.1. The summed E-state index contributed by atoms with van der Waals surface area (Å²) in [6, 6.07) is 7.68. The van der Waals surface area contributed by atoms with Crippen LogP contribution in [0.1, 0.15) is 18.0 Å². The van der Waals surface area contributed by atoms with E-state index < -0.39 is 0 Å². The molecule has 1 aliphatic rings. The van der Waals surface area contributed by atoms with E-state index in [2.05, 4.69) is 11.4 Å². The minimum atomic E-state index is -0.146. The van der Waals surface area contributed by atoms with Gasteiger partial charge in [-0.3, -0.25) is 0 Å². The van der Waals surface area contributed by atoms with Crippen LogP contribution in [0.3, 0.4) is 0 Å². The molecule has 3 rings (SSSR count). The Morgan fingerprint density at radius 1 is 1.25 bits per heavy atom. The van der Waals surface area contributed by atoms with Crippen molar-refractivity contribution >= 4 is 11.3 Å². The smallest absolute Gasteiger partial charge is 0.124 e. The van der Waals surface area contributed by atoms with Gasteiger partial charge in [-0.05, 0) is 64.7 Å². The lowest BCUT2D eigenvalue weighted by Gasteiger charge is -2.28. The van der Waals surface area contributed by atoms with Gasteiger partial charge < -0.3 is 5.32 Å². The average molecular weight is 233 g/mol. The molecule has 1 atom stereocenters. The van der Waals surface area contributed by atoms with E-state index in [4.69, 9.17) is 0 Å². The molecule has 82 valence electrons.